The molecule has 1 aromatic rings. The molecule has 0 aliphatic carbocycles. The van der Waals surface area contributed by atoms with Gasteiger partial charge in [0.25, 0.3) is 5.91 Å². The second-order valence-electron chi connectivity index (χ2n) is 5.67. The molecule has 120 valence electrons. The fourth-order valence-electron chi connectivity index (χ4n) is 2.82. The van der Waals surface area contributed by atoms with Crippen LogP contribution >= 0.6 is 0 Å². The maximum absolute atomic E-state index is 12.3. The highest BCUT2D eigenvalue weighted by atomic mass is 16.2. The Bertz CT molecular complexity index is 490. The van der Waals surface area contributed by atoms with Gasteiger partial charge < -0.3 is 15.5 Å². The fourth-order valence-corrected chi connectivity index (χ4v) is 2.82. The first-order valence-corrected chi connectivity index (χ1v) is 7.99. The van der Waals surface area contributed by atoms with E-state index < -0.39 is 0 Å². The van der Waals surface area contributed by atoms with E-state index >= 15 is 0 Å². The minimum atomic E-state index is -0.0752. The topological polar surface area (TPSA) is 61.4 Å². The minimum Gasteiger partial charge on any atom is -0.350 e. The molecule has 1 atom stereocenters. The number of carbonyl (C=O) groups is 2. The van der Waals surface area contributed by atoms with Crippen LogP contribution in [-0.4, -0.2) is 49.4 Å². The third kappa shape index (κ3) is 4.56. The van der Waals surface area contributed by atoms with Crippen LogP contribution in [-0.2, 0) is 4.79 Å². The molecule has 1 aliphatic rings. The van der Waals surface area contributed by atoms with E-state index in [1.54, 1.807) is 12.1 Å². The second kappa shape index (κ2) is 8.54. The molecule has 0 bridgehead atoms. The van der Waals surface area contributed by atoms with Gasteiger partial charge in [-0.3, -0.25) is 9.59 Å². The molecule has 1 aromatic carbocycles. The normalized spacial score (nSPS) is 18.0. The van der Waals surface area contributed by atoms with Crippen molar-refractivity contribution < 1.29 is 9.59 Å². The van der Waals surface area contributed by atoms with Crippen LogP contribution < -0.4 is 10.6 Å². The molecule has 0 saturated carbocycles. The van der Waals surface area contributed by atoms with E-state index in [1.807, 2.05) is 30.1 Å². The molecule has 5 nitrogen and oxygen atoms in total. The molecule has 1 aliphatic heterocycles. The zero-order chi connectivity index (χ0) is 15.8. The molecule has 2 rings (SSSR count). The first kappa shape index (κ1) is 16.5. The molecule has 1 fully saturated rings. The van der Waals surface area contributed by atoms with Gasteiger partial charge in [-0.15, -0.1) is 0 Å². The molecule has 0 spiro atoms. The van der Waals surface area contributed by atoms with Gasteiger partial charge in [0.15, 0.2) is 0 Å². The Hall–Kier alpha value is -1.88. The average Bonchev–Trinajstić information content (AvgIpc) is 2.58. The Morgan fingerprint density at radius 3 is 2.73 bits per heavy atom. The molecular formula is C17H25N3O2. The third-order valence-corrected chi connectivity index (χ3v) is 4.07. The van der Waals surface area contributed by atoms with Crippen molar-refractivity contribution in [2.45, 2.75) is 31.7 Å². The maximum atomic E-state index is 12.3. The number of hydrogen-bond acceptors (Lipinski definition) is 3. The van der Waals surface area contributed by atoms with E-state index in [0.29, 0.717) is 25.1 Å². The number of nitrogens with zero attached hydrogens (tertiary/aromatic N) is 1. The summed E-state index contributed by atoms with van der Waals surface area (Å²) in [7, 11) is 1.85. The maximum Gasteiger partial charge on any atom is 0.251 e. The molecular weight excluding hydrogens is 278 g/mol. The van der Waals surface area contributed by atoms with E-state index in [9.17, 15) is 9.59 Å². The number of carbonyl (C=O) groups excluding carboxylic acids is 2. The van der Waals surface area contributed by atoms with Crippen LogP contribution in [0.3, 0.4) is 0 Å². The quantitative estimate of drug-likeness (QED) is 0.835. The predicted octanol–water partition coefficient (Wildman–Crippen LogP) is 1.41. The minimum absolute atomic E-state index is 0.0752. The standard InChI is InChI=1S/C17H25N3O2/c1-18-11-10-16(21)20-12-6-5-9-15(20)13-19-17(22)14-7-3-2-4-8-14/h2-4,7-8,15,18H,5-6,9-13H2,1H3,(H,19,22). The van der Waals surface area contributed by atoms with E-state index in [-0.39, 0.29) is 17.9 Å². The van der Waals surface area contributed by atoms with Crippen molar-refractivity contribution in [3.63, 3.8) is 0 Å². The van der Waals surface area contributed by atoms with Crippen LogP contribution in [0.2, 0.25) is 0 Å². The number of likely N-dealkylation sites (tertiary alicyclic amines) is 1. The van der Waals surface area contributed by atoms with Crippen LogP contribution in [0.1, 0.15) is 36.0 Å². The van der Waals surface area contributed by atoms with Gasteiger partial charge in [0, 0.05) is 37.7 Å². The van der Waals surface area contributed by atoms with Crippen LogP contribution in [0.5, 0.6) is 0 Å². The zero-order valence-corrected chi connectivity index (χ0v) is 13.2. The molecule has 22 heavy (non-hydrogen) atoms. The van der Waals surface area contributed by atoms with Gasteiger partial charge in [-0.1, -0.05) is 18.2 Å². The van der Waals surface area contributed by atoms with Crippen molar-refractivity contribution in [1.82, 2.24) is 15.5 Å². The molecule has 5 heteroatoms. The molecule has 1 unspecified atom stereocenters. The van der Waals surface area contributed by atoms with Gasteiger partial charge in [0.2, 0.25) is 5.91 Å². The molecule has 1 heterocycles. The highest BCUT2D eigenvalue weighted by molar-refractivity contribution is 5.94. The van der Waals surface area contributed by atoms with Gasteiger partial charge in [-0.05, 0) is 38.4 Å². The van der Waals surface area contributed by atoms with Crippen LogP contribution in [0, 0.1) is 0 Å². The van der Waals surface area contributed by atoms with Crippen molar-refractivity contribution >= 4 is 11.8 Å². The Labute approximate surface area is 132 Å². The zero-order valence-electron chi connectivity index (χ0n) is 13.2. The smallest absolute Gasteiger partial charge is 0.251 e. The number of rotatable bonds is 6. The Morgan fingerprint density at radius 1 is 1.23 bits per heavy atom. The first-order valence-electron chi connectivity index (χ1n) is 7.99. The lowest BCUT2D eigenvalue weighted by molar-refractivity contribution is -0.134. The Morgan fingerprint density at radius 2 is 2.00 bits per heavy atom. The number of piperidine rings is 1. The lowest BCUT2D eigenvalue weighted by atomic mass is 10.0. The van der Waals surface area contributed by atoms with Crippen molar-refractivity contribution in [3.8, 4) is 0 Å². The monoisotopic (exact) mass is 303 g/mol. The van der Waals surface area contributed by atoms with Gasteiger partial charge in [0.05, 0.1) is 0 Å². The largest absolute Gasteiger partial charge is 0.350 e. The van der Waals surface area contributed by atoms with E-state index in [2.05, 4.69) is 10.6 Å². The van der Waals surface area contributed by atoms with Gasteiger partial charge in [-0.2, -0.15) is 0 Å². The first-order chi connectivity index (χ1) is 10.7. The highest BCUT2D eigenvalue weighted by Crippen LogP contribution is 2.17. The summed E-state index contributed by atoms with van der Waals surface area (Å²) in [6.45, 7) is 2.02. The van der Waals surface area contributed by atoms with Crippen molar-refractivity contribution in [3.05, 3.63) is 35.9 Å². The predicted molar refractivity (Wildman–Crippen MR) is 86.7 cm³/mol. The highest BCUT2D eigenvalue weighted by Gasteiger charge is 2.26. The van der Waals surface area contributed by atoms with E-state index in [0.717, 1.165) is 25.8 Å². The number of benzene rings is 1. The van der Waals surface area contributed by atoms with Crippen LogP contribution in [0.15, 0.2) is 30.3 Å². The van der Waals surface area contributed by atoms with Gasteiger partial charge in [0.1, 0.15) is 0 Å². The van der Waals surface area contributed by atoms with Crippen LogP contribution in [0.25, 0.3) is 0 Å². The van der Waals surface area contributed by atoms with Crippen molar-refractivity contribution in [1.29, 1.82) is 0 Å². The summed E-state index contributed by atoms with van der Waals surface area (Å²) in [5, 5.41) is 5.97. The summed E-state index contributed by atoms with van der Waals surface area (Å²) in [6, 6.07) is 9.30. The van der Waals surface area contributed by atoms with Crippen LogP contribution in [0.4, 0.5) is 0 Å². The molecule has 0 radical (unpaired) electrons. The Balaban J connectivity index is 1.88. The number of nitrogens with one attached hydrogen (secondary N) is 2. The summed E-state index contributed by atoms with van der Waals surface area (Å²) >= 11 is 0. The molecule has 1 saturated heterocycles. The number of hydrogen-bond donors (Lipinski definition) is 2. The molecule has 2 amide bonds. The SMILES string of the molecule is CNCCC(=O)N1CCCCC1CNC(=O)c1ccccc1. The molecule has 0 aromatic heterocycles. The Kier molecular flexibility index (Phi) is 6.40. The second-order valence-corrected chi connectivity index (χ2v) is 5.67. The molecule has 2 N–H and O–H groups in total. The summed E-state index contributed by atoms with van der Waals surface area (Å²) in [5.41, 5.74) is 0.659. The summed E-state index contributed by atoms with van der Waals surface area (Å²) in [5.74, 6) is 0.0989. The van der Waals surface area contributed by atoms with E-state index in [4.69, 9.17) is 0 Å². The third-order valence-electron chi connectivity index (χ3n) is 4.07. The van der Waals surface area contributed by atoms with Crippen molar-refractivity contribution in [2.75, 3.05) is 26.7 Å². The summed E-state index contributed by atoms with van der Waals surface area (Å²) in [6.07, 6.45) is 3.64. The lowest BCUT2D eigenvalue weighted by Crippen LogP contribution is -2.49. The fraction of sp³-hybridized carbons (Fsp3) is 0.529. The van der Waals surface area contributed by atoms with Gasteiger partial charge >= 0.3 is 0 Å². The number of amides is 2. The van der Waals surface area contributed by atoms with E-state index in [1.165, 1.54) is 0 Å². The summed E-state index contributed by atoms with van der Waals surface area (Å²) in [4.78, 5) is 26.3. The van der Waals surface area contributed by atoms with Crippen molar-refractivity contribution in [2.24, 2.45) is 0 Å². The average molecular weight is 303 g/mol. The summed E-state index contributed by atoms with van der Waals surface area (Å²) < 4.78 is 0. The van der Waals surface area contributed by atoms with Gasteiger partial charge in [-0.25, -0.2) is 0 Å². The lowest BCUT2D eigenvalue weighted by Gasteiger charge is -2.36.